The number of thioether (sulfide) groups is 2. The maximum Gasteiger partial charge on any atom is 0.235 e. The molecular weight excluding hydrogens is 377 g/mol. The lowest BCUT2D eigenvalue weighted by molar-refractivity contribution is -0.129. The Hall–Kier alpha value is -1.12. The third-order valence-electron chi connectivity index (χ3n) is 3.42. The topological polar surface area (TPSA) is 46.1 Å². The van der Waals surface area contributed by atoms with E-state index in [4.69, 9.17) is 0 Å². The number of carbonyl (C=O) groups is 1. The Morgan fingerprint density at radius 2 is 2.12 bits per heavy atom. The Morgan fingerprint density at radius 1 is 1.36 bits per heavy atom. The number of halogens is 1. The van der Waals surface area contributed by atoms with Crippen molar-refractivity contribution in [2.24, 2.45) is 0 Å². The Labute approximate surface area is 160 Å². The number of unbranched alkanes of at least 4 members (excludes halogenated alkanes) is 1. The van der Waals surface area contributed by atoms with Crippen LogP contribution in [0.1, 0.15) is 32.3 Å². The molecule has 0 spiro atoms. The molecule has 1 unspecified atom stereocenters. The van der Waals surface area contributed by atoms with Gasteiger partial charge in [-0.2, -0.15) is 0 Å². The first-order valence-electron chi connectivity index (χ1n) is 8.12. The first-order chi connectivity index (χ1) is 12.0. The third-order valence-corrected chi connectivity index (χ3v) is 6.74. The normalized spacial score (nSPS) is 12.2. The lowest BCUT2D eigenvalue weighted by Gasteiger charge is -2.20. The van der Waals surface area contributed by atoms with Crippen LogP contribution in [0.3, 0.4) is 0 Å². The van der Waals surface area contributed by atoms with Crippen LogP contribution in [0.25, 0.3) is 0 Å². The van der Waals surface area contributed by atoms with Crippen molar-refractivity contribution >= 4 is 40.8 Å². The third kappa shape index (κ3) is 6.60. The number of carbonyl (C=O) groups excluding carboxylic acids is 1. The molecule has 1 atom stereocenters. The molecule has 0 saturated heterocycles. The standard InChI is InChI=1S/C17H22FN3OS3/c1-4-5-9-23-16-19-20-17(25-16)24-12(2)15(22)21(3)11-13-7-6-8-14(18)10-13/h6-8,10,12H,4-5,9,11H2,1-3H3. The summed E-state index contributed by atoms with van der Waals surface area (Å²) < 4.78 is 15.0. The minimum Gasteiger partial charge on any atom is -0.340 e. The molecule has 0 saturated carbocycles. The highest BCUT2D eigenvalue weighted by Crippen LogP contribution is 2.32. The molecule has 1 aromatic heterocycles. The molecule has 0 bridgehead atoms. The molecule has 1 heterocycles. The fourth-order valence-electron chi connectivity index (χ4n) is 2.11. The molecular formula is C17H22FN3OS3. The smallest absolute Gasteiger partial charge is 0.235 e. The van der Waals surface area contributed by atoms with Crippen molar-refractivity contribution in [2.45, 2.75) is 47.2 Å². The summed E-state index contributed by atoms with van der Waals surface area (Å²) in [6.45, 7) is 4.41. The van der Waals surface area contributed by atoms with E-state index in [1.54, 1.807) is 29.8 Å². The van der Waals surface area contributed by atoms with Gasteiger partial charge in [0.1, 0.15) is 5.82 Å². The maximum atomic E-state index is 13.3. The van der Waals surface area contributed by atoms with E-state index in [0.29, 0.717) is 6.54 Å². The van der Waals surface area contributed by atoms with Crippen molar-refractivity contribution in [1.29, 1.82) is 0 Å². The number of hydrogen-bond acceptors (Lipinski definition) is 6. The van der Waals surface area contributed by atoms with Crippen LogP contribution in [0.5, 0.6) is 0 Å². The Bertz CT molecular complexity index is 695. The van der Waals surface area contributed by atoms with Crippen molar-refractivity contribution in [3.63, 3.8) is 0 Å². The lowest BCUT2D eigenvalue weighted by atomic mass is 10.2. The zero-order valence-corrected chi connectivity index (χ0v) is 17.0. The summed E-state index contributed by atoms with van der Waals surface area (Å²) >= 11 is 4.66. The Morgan fingerprint density at radius 3 is 2.84 bits per heavy atom. The molecule has 0 aliphatic rings. The van der Waals surface area contributed by atoms with Crippen molar-refractivity contribution in [1.82, 2.24) is 15.1 Å². The summed E-state index contributed by atoms with van der Waals surface area (Å²) in [5.74, 6) is 0.744. The molecule has 25 heavy (non-hydrogen) atoms. The summed E-state index contributed by atoms with van der Waals surface area (Å²) in [7, 11) is 1.73. The van der Waals surface area contributed by atoms with Gasteiger partial charge < -0.3 is 4.90 Å². The van der Waals surface area contributed by atoms with Gasteiger partial charge in [0.15, 0.2) is 8.68 Å². The number of rotatable bonds is 9. The Balaban J connectivity index is 1.86. The summed E-state index contributed by atoms with van der Waals surface area (Å²) in [6, 6.07) is 6.32. The molecule has 136 valence electrons. The van der Waals surface area contributed by atoms with E-state index < -0.39 is 0 Å². The molecule has 0 fully saturated rings. The lowest BCUT2D eigenvalue weighted by Crippen LogP contribution is -2.32. The quantitative estimate of drug-likeness (QED) is 0.451. The SMILES string of the molecule is CCCCSc1nnc(SC(C)C(=O)N(C)Cc2cccc(F)c2)s1. The van der Waals surface area contributed by atoms with Crippen LogP contribution in [-0.2, 0) is 11.3 Å². The Kier molecular flexibility index (Phi) is 8.18. The van der Waals surface area contributed by atoms with Gasteiger partial charge in [-0.15, -0.1) is 10.2 Å². The zero-order chi connectivity index (χ0) is 18.2. The number of hydrogen-bond donors (Lipinski definition) is 0. The van der Waals surface area contributed by atoms with E-state index in [2.05, 4.69) is 17.1 Å². The second-order valence-electron chi connectivity index (χ2n) is 5.62. The van der Waals surface area contributed by atoms with E-state index in [1.807, 2.05) is 13.0 Å². The summed E-state index contributed by atoms with van der Waals surface area (Å²) in [5, 5.41) is 8.07. The number of nitrogens with zero attached hydrogens (tertiary/aromatic N) is 3. The molecule has 0 N–H and O–H groups in total. The van der Waals surface area contributed by atoms with Gasteiger partial charge in [0.25, 0.3) is 0 Å². The van der Waals surface area contributed by atoms with Gasteiger partial charge in [0.05, 0.1) is 5.25 Å². The van der Waals surface area contributed by atoms with E-state index in [1.165, 1.54) is 35.2 Å². The molecule has 2 rings (SSSR count). The monoisotopic (exact) mass is 399 g/mol. The van der Waals surface area contributed by atoms with Gasteiger partial charge in [-0.3, -0.25) is 4.79 Å². The predicted octanol–water partition coefficient (Wildman–Crippen LogP) is 4.71. The van der Waals surface area contributed by atoms with Crippen LogP contribution in [-0.4, -0.2) is 39.1 Å². The molecule has 2 aromatic rings. The second kappa shape index (κ2) is 10.1. The van der Waals surface area contributed by atoms with E-state index in [-0.39, 0.29) is 17.0 Å². The first kappa shape index (κ1) is 20.2. The van der Waals surface area contributed by atoms with Crippen LogP contribution >= 0.6 is 34.9 Å². The molecule has 1 aromatic carbocycles. The van der Waals surface area contributed by atoms with E-state index in [9.17, 15) is 9.18 Å². The minimum atomic E-state index is -0.289. The van der Waals surface area contributed by atoms with Crippen LogP contribution in [0.4, 0.5) is 4.39 Å². The van der Waals surface area contributed by atoms with Gasteiger partial charge in [-0.1, -0.05) is 60.3 Å². The zero-order valence-electron chi connectivity index (χ0n) is 14.6. The van der Waals surface area contributed by atoms with Gasteiger partial charge >= 0.3 is 0 Å². The van der Waals surface area contributed by atoms with Crippen molar-refractivity contribution in [2.75, 3.05) is 12.8 Å². The first-order valence-corrected chi connectivity index (χ1v) is 10.8. The highest BCUT2D eigenvalue weighted by Gasteiger charge is 2.21. The van der Waals surface area contributed by atoms with Crippen molar-refractivity contribution in [3.8, 4) is 0 Å². The van der Waals surface area contributed by atoms with Crippen LogP contribution in [0, 0.1) is 5.82 Å². The minimum absolute atomic E-state index is 0.00959. The predicted molar refractivity (Wildman–Crippen MR) is 104 cm³/mol. The maximum absolute atomic E-state index is 13.3. The fraction of sp³-hybridized carbons (Fsp3) is 0.471. The average molecular weight is 400 g/mol. The summed E-state index contributed by atoms with van der Waals surface area (Å²) in [4.78, 5) is 14.1. The average Bonchev–Trinajstić information content (AvgIpc) is 3.01. The largest absolute Gasteiger partial charge is 0.340 e. The molecule has 8 heteroatoms. The van der Waals surface area contributed by atoms with Crippen LogP contribution < -0.4 is 0 Å². The summed E-state index contributed by atoms with van der Waals surface area (Å²) in [6.07, 6.45) is 2.32. The molecule has 0 aliphatic carbocycles. The highest BCUT2D eigenvalue weighted by atomic mass is 32.2. The van der Waals surface area contributed by atoms with Gasteiger partial charge in [-0.25, -0.2) is 4.39 Å². The summed E-state index contributed by atoms with van der Waals surface area (Å²) in [5.41, 5.74) is 0.776. The molecule has 0 radical (unpaired) electrons. The van der Waals surface area contributed by atoms with Crippen LogP contribution in [0.15, 0.2) is 32.9 Å². The number of benzene rings is 1. The van der Waals surface area contributed by atoms with E-state index >= 15 is 0 Å². The van der Waals surface area contributed by atoms with E-state index in [0.717, 1.165) is 32.8 Å². The second-order valence-corrected chi connectivity index (χ2v) is 9.53. The molecule has 0 aliphatic heterocycles. The molecule has 4 nitrogen and oxygen atoms in total. The molecule has 1 amide bonds. The number of amides is 1. The van der Waals surface area contributed by atoms with Gasteiger partial charge in [0.2, 0.25) is 5.91 Å². The number of aromatic nitrogens is 2. The van der Waals surface area contributed by atoms with Gasteiger partial charge in [0, 0.05) is 19.3 Å². The van der Waals surface area contributed by atoms with Crippen LogP contribution in [0.2, 0.25) is 0 Å². The van der Waals surface area contributed by atoms with Crippen molar-refractivity contribution in [3.05, 3.63) is 35.6 Å². The van der Waals surface area contributed by atoms with Gasteiger partial charge in [-0.05, 0) is 31.0 Å². The highest BCUT2D eigenvalue weighted by molar-refractivity contribution is 8.03. The van der Waals surface area contributed by atoms with Crippen molar-refractivity contribution < 1.29 is 9.18 Å². The fourth-order valence-corrected chi connectivity index (χ4v) is 5.54.